The van der Waals surface area contributed by atoms with Gasteiger partial charge in [-0.1, -0.05) is 12.1 Å². The molecule has 0 amide bonds. The summed E-state index contributed by atoms with van der Waals surface area (Å²) in [7, 11) is 1.36. The van der Waals surface area contributed by atoms with E-state index in [0.717, 1.165) is 5.56 Å². The van der Waals surface area contributed by atoms with Crippen LogP contribution >= 0.6 is 0 Å². The fourth-order valence-electron chi connectivity index (χ4n) is 1.07. The fraction of sp³-hybridized carbons (Fsp3) is 0.300. The minimum atomic E-state index is -0.331. The summed E-state index contributed by atoms with van der Waals surface area (Å²) in [4.78, 5) is 11.1. The van der Waals surface area contributed by atoms with Crippen LogP contribution in [0.5, 0.6) is 0 Å². The zero-order valence-electron chi connectivity index (χ0n) is 7.78. The van der Waals surface area contributed by atoms with Crippen LogP contribution < -0.4 is 5.73 Å². The van der Waals surface area contributed by atoms with Crippen LogP contribution in [0.4, 0.5) is 0 Å². The van der Waals surface area contributed by atoms with Crippen LogP contribution in [0.15, 0.2) is 24.3 Å². The summed E-state index contributed by atoms with van der Waals surface area (Å²) in [5.74, 6) is -0.331. The minimum absolute atomic E-state index is 0.0652. The lowest BCUT2D eigenvalue weighted by molar-refractivity contribution is 0.0600. The van der Waals surface area contributed by atoms with E-state index in [1.807, 2.05) is 13.0 Å². The van der Waals surface area contributed by atoms with Crippen LogP contribution in [-0.2, 0) is 4.74 Å². The third-order valence-electron chi connectivity index (χ3n) is 1.83. The zero-order chi connectivity index (χ0) is 9.84. The van der Waals surface area contributed by atoms with Gasteiger partial charge in [-0.2, -0.15) is 0 Å². The van der Waals surface area contributed by atoms with Gasteiger partial charge in [0, 0.05) is 6.04 Å². The lowest BCUT2D eigenvalue weighted by atomic mass is 10.1. The molecular weight excluding hydrogens is 166 g/mol. The maximum Gasteiger partial charge on any atom is 0.337 e. The molecule has 0 aromatic heterocycles. The maximum absolute atomic E-state index is 11.1. The van der Waals surface area contributed by atoms with Gasteiger partial charge in [0.1, 0.15) is 0 Å². The van der Waals surface area contributed by atoms with Gasteiger partial charge in [-0.25, -0.2) is 4.79 Å². The van der Waals surface area contributed by atoms with Crippen molar-refractivity contribution in [2.24, 2.45) is 5.73 Å². The smallest absolute Gasteiger partial charge is 0.337 e. The first-order valence-electron chi connectivity index (χ1n) is 4.09. The maximum atomic E-state index is 11.1. The molecule has 13 heavy (non-hydrogen) atoms. The molecule has 0 unspecified atom stereocenters. The summed E-state index contributed by atoms with van der Waals surface area (Å²) in [5.41, 5.74) is 7.14. The molecule has 2 N–H and O–H groups in total. The van der Waals surface area contributed by atoms with Crippen molar-refractivity contribution in [2.45, 2.75) is 13.0 Å². The number of nitrogens with two attached hydrogens (primary N) is 1. The van der Waals surface area contributed by atoms with E-state index in [-0.39, 0.29) is 12.0 Å². The second-order valence-corrected chi connectivity index (χ2v) is 2.91. The van der Waals surface area contributed by atoms with Gasteiger partial charge in [0.15, 0.2) is 0 Å². The first-order valence-corrected chi connectivity index (χ1v) is 4.09. The highest BCUT2D eigenvalue weighted by Gasteiger charge is 2.06. The molecule has 1 aromatic carbocycles. The molecule has 0 spiro atoms. The summed E-state index contributed by atoms with van der Waals surface area (Å²) in [6.45, 7) is 1.87. The number of benzene rings is 1. The summed E-state index contributed by atoms with van der Waals surface area (Å²) >= 11 is 0. The number of hydrogen-bond donors (Lipinski definition) is 1. The monoisotopic (exact) mass is 179 g/mol. The third kappa shape index (κ3) is 2.29. The largest absolute Gasteiger partial charge is 0.465 e. The first-order chi connectivity index (χ1) is 6.15. The van der Waals surface area contributed by atoms with Crippen molar-refractivity contribution in [3.05, 3.63) is 35.4 Å². The third-order valence-corrected chi connectivity index (χ3v) is 1.83. The lowest BCUT2D eigenvalue weighted by Crippen LogP contribution is -2.07. The van der Waals surface area contributed by atoms with Crippen molar-refractivity contribution in [3.8, 4) is 0 Å². The zero-order valence-corrected chi connectivity index (χ0v) is 7.78. The van der Waals surface area contributed by atoms with Gasteiger partial charge >= 0.3 is 5.97 Å². The first kappa shape index (κ1) is 9.74. The lowest BCUT2D eigenvalue weighted by Gasteiger charge is -2.06. The van der Waals surface area contributed by atoms with Crippen molar-refractivity contribution >= 4 is 5.97 Å². The standard InChI is InChI=1S/C10H13NO2/c1-7(11)8-4-3-5-9(6-8)10(12)13-2/h3-7H,11H2,1-2H3/t7-/m0/s1. The Hall–Kier alpha value is -1.35. The quantitative estimate of drug-likeness (QED) is 0.700. The van der Waals surface area contributed by atoms with Crippen molar-refractivity contribution < 1.29 is 9.53 Å². The van der Waals surface area contributed by atoms with Crippen LogP contribution in [0.1, 0.15) is 28.9 Å². The molecule has 0 aliphatic heterocycles. The molecule has 0 aliphatic carbocycles. The van der Waals surface area contributed by atoms with E-state index >= 15 is 0 Å². The summed E-state index contributed by atoms with van der Waals surface area (Å²) < 4.78 is 4.59. The minimum Gasteiger partial charge on any atom is -0.465 e. The van der Waals surface area contributed by atoms with Crippen molar-refractivity contribution in [3.63, 3.8) is 0 Å². The summed E-state index contributed by atoms with van der Waals surface area (Å²) in [5, 5.41) is 0. The van der Waals surface area contributed by atoms with Crippen molar-refractivity contribution in [2.75, 3.05) is 7.11 Å². The van der Waals surface area contributed by atoms with Gasteiger partial charge < -0.3 is 10.5 Å². The van der Waals surface area contributed by atoms with E-state index in [9.17, 15) is 4.79 Å². The number of methoxy groups -OCH3 is 1. The Morgan fingerprint density at radius 3 is 2.77 bits per heavy atom. The Kier molecular flexibility index (Phi) is 3.03. The average Bonchev–Trinajstić information content (AvgIpc) is 2.17. The van der Waals surface area contributed by atoms with Crippen LogP contribution in [0.2, 0.25) is 0 Å². The van der Waals surface area contributed by atoms with Crippen LogP contribution in [0.3, 0.4) is 0 Å². The normalized spacial score (nSPS) is 12.2. The Morgan fingerprint density at radius 2 is 2.23 bits per heavy atom. The van der Waals surface area contributed by atoms with E-state index in [2.05, 4.69) is 4.74 Å². The fourth-order valence-corrected chi connectivity index (χ4v) is 1.07. The van der Waals surface area contributed by atoms with Gasteiger partial charge in [-0.15, -0.1) is 0 Å². The number of hydrogen-bond acceptors (Lipinski definition) is 3. The van der Waals surface area contributed by atoms with Gasteiger partial charge in [0.2, 0.25) is 0 Å². The second-order valence-electron chi connectivity index (χ2n) is 2.91. The molecule has 0 bridgehead atoms. The van der Waals surface area contributed by atoms with E-state index in [1.54, 1.807) is 18.2 Å². The highest BCUT2D eigenvalue weighted by molar-refractivity contribution is 5.89. The molecule has 1 aromatic rings. The molecule has 3 heteroatoms. The highest BCUT2D eigenvalue weighted by atomic mass is 16.5. The predicted octanol–water partition coefficient (Wildman–Crippen LogP) is 1.49. The summed E-state index contributed by atoms with van der Waals surface area (Å²) in [6, 6.07) is 7.07. The van der Waals surface area contributed by atoms with E-state index in [4.69, 9.17) is 5.73 Å². The van der Waals surface area contributed by atoms with Crippen LogP contribution in [0.25, 0.3) is 0 Å². The van der Waals surface area contributed by atoms with E-state index < -0.39 is 0 Å². The molecule has 3 nitrogen and oxygen atoms in total. The molecule has 0 aliphatic rings. The highest BCUT2D eigenvalue weighted by Crippen LogP contribution is 2.12. The molecule has 0 saturated heterocycles. The van der Waals surface area contributed by atoms with Crippen LogP contribution in [-0.4, -0.2) is 13.1 Å². The molecule has 0 heterocycles. The Labute approximate surface area is 77.5 Å². The van der Waals surface area contributed by atoms with Gasteiger partial charge in [-0.3, -0.25) is 0 Å². The van der Waals surface area contributed by atoms with Gasteiger partial charge in [-0.05, 0) is 24.6 Å². The van der Waals surface area contributed by atoms with Crippen LogP contribution in [0, 0.1) is 0 Å². The molecule has 70 valence electrons. The SMILES string of the molecule is COC(=O)c1cccc([C@H](C)N)c1. The molecular formula is C10H13NO2. The molecule has 1 rings (SSSR count). The molecule has 0 radical (unpaired) electrons. The molecule has 0 saturated carbocycles. The number of esters is 1. The molecule has 0 fully saturated rings. The van der Waals surface area contributed by atoms with E-state index in [1.165, 1.54) is 7.11 Å². The average molecular weight is 179 g/mol. The Bertz CT molecular complexity index is 308. The van der Waals surface area contributed by atoms with Gasteiger partial charge in [0.05, 0.1) is 12.7 Å². The second kappa shape index (κ2) is 4.05. The molecule has 1 atom stereocenters. The predicted molar refractivity (Wildman–Crippen MR) is 50.4 cm³/mol. The van der Waals surface area contributed by atoms with Crippen molar-refractivity contribution in [1.82, 2.24) is 0 Å². The number of carbonyl (C=O) groups is 1. The number of carbonyl (C=O) groups excluding carboxylic acids is 1. The Balaban J connectivity index is 2.98. The topological polar surface area (TPSA) is 52.3 Å². The number of ether oxygens (including phenoxy) is 1. The Morgan fingerprint density at radius 1 is 1.54 bits per heavy atom. The van der Waals surface area contributed by atoms with Crippen molar-refractivity contribution in [1.29, 1.82) is 0 Å². The van der Waals surface area contributed by atoms with Gasteiger partial charge in [0.25, 0.3) is 0 Å². The number of rotatable bonds is 2. The summed E-state index contributed by atoms with van der Waals surface area (Å²) in [6.07, 6.45) is 0. The van der Waals surface area contributed by atoms with E-state index in [0.29, 0.717) is 5.56 Å².